The van der Waals surface area contributed by atoms with E-state index in [0.29, 0.717) is 12.6 Å². The number of hydrogen-bond acceptors (Lipinski definition) is 3. The zero-order valence-corrected chi connectivity index (χ0v) is 14.6. The minimum absolute atomic E-state index is 0.115. The Morgan fingerprint density at radius 1 is 1.08 bits per heavy atom. The number of rotatable bonds is 4. The number of likely N-dealkylation sites (tertiary alicyclic amines) is 1. The lowest BCUT2D eigenvalue weighted by Crippen LogP contribution is -2.45. The quantitative estimate of drug-likeness (QED) is 0.920. The van der Waals surface area contributed by atoms with E-state index in [1.807, 2.05) is 10.7 Å². The first-order valence-electron chi connectivity index (χ1n) is 9.85. The molecule has 3 fully saturated rings. The van der Waals surface area contributed by atoms with Crippen LogP contribution in [-0.4, -0.2) is 40.2 Å². The van der Waals surface area contributed by atoms with E-state index < -0.39 is 0 Å². The Bertz CT molecular complexity index is 563. The van der Waals surface area contributed by atoms with Crippen molar-refractivity contribution in [3.05, 3.63) is 12.3 Å². The minimum atomic E-state index is 0.115. The fraction of sp³-hybridized carbons (Fsp3) is 0.789. The van der Waals surface area contributed by atoms with E-state index in [2.05, 4.69) is 15.3 Å². The van der Waals surface area contributed by atoms with Crippen molar-refractivity contribution >= 4 is 11.7 Å². The molecular weight excluding hydrogens is 300 g/mol. The molecule has 0 radical (unpaired) electrons. The molecule has 1 aliphatic heterocycles. The van der Waals surface area contributed by atoms with Gasteiger partial charge in [-0.05, 0) is 44.1 Å². The van der Waals surface area contributed by atoms with E-state index in [4.69, 9.17) is 0 Å². The predicted octanol–water partition coefficient (Wildman–Crippen LogP) is 3.45. The molecule has 2 atom stereocenters. The average Bonchev–Trinajstić information content (AvgIpc) is 3.25. The van der Waals surface area contributed by atoms with E-state index in [1.165, 1.54) is 57.8 Å². The highest BCUT2D eigenvalue weighted by Crippen LogP contribution is 2.36. The molecule has 1 amide bonds. The predicted molar refractivity (Wildman–Crippen MR) is 94.9 cm³/mol. The third-order valence-corrected chi connectivity index (χ3v) is 6.35. The van der Waals surface area contributed by atoms with Crippen LogP contribution in [0.15, 0.2) is 12.3 Å². The molecular formula is C19H30N4O. The maximum atomic E-state index is 12.5. The number of nitrogens with one attached hydrogen (secondary N) is 1. The van der Waals surface area contributed by atoms with E-state index in [9.17, 15) is 4.79 Å². The minimum Gasteiger partial charge on any atom is -0.310 e. The van der Waals surface area contributed by atoms with Crippen molar-refractivity contribution in [1.29, 1.82) is 0 Å². The number of carbonyl (C=O) groups is 1. The largest absolute Gasteiger partial charge is 0.310 e. The Kier molecular flexibility index (Phi) is 4.88. The molecule has 5 heteroatoms. The molecule has 2 saturated carbocycles. The van der Waals surface area contributed by atoms with Gasteiger partial charge in [0, 0.05) is 12.6 Å². The molecule has 24 heavy (non-hydrogen) atoms. The van der Waals surface area contributed by atoms with Gasteiger partial charge in [0.15, 0.2) is 0 Å². The van der Waals surface area contributed by atoms with Crippen molar-refractivity contribution in [1.82, 2.24) is 14.7 Å². The standard InChI is InChI=1S/C19H30N4O/c24-19(14-22-12-10-15-5-1-2-6-16(15)13-22)21-18-9-11-20-23(18)17-7-3-4-8-17/h9,11,15-17H,1-8,10,12-14H2,(H,21,24). The van der Waals surface area contributed by atoms with Crippen LogP contribution >= 0.6 is 0 Å². The van der Waals surface area contributed by atoms with Crippen molar-refractivity contribution in [2.45, 2.75) is 63.8 Å². The fourth-order valence-corrected chi connectivity index (χ4v) is 5.06. The van der Waals surface area contributed by atoms with Gasteiger partial charge >= 0.3 is 0 Å². The summed E-state index contributed by atoms with van der Waals surface area (Å²) in [5, 5.41) is 7.55. The van der Waals surface area contributed by atoms with Crippen molar-refractivity contribution in [2.24, 2.45) is 11.8 Å². The lowest BCUT2D eigenvalue weighted by Gasteiger charge is -2.41. The highest BCUT2D eigenvalue weighted by atomic mass is 16.2. The number of fused-ring (bicyclic) bond motifs is 1. The van der Waals surface area contributed by atoms with Gasteiger partial charge in [-0.25, -0.2) is 4.68 Å². The number of aromatic nitrogens is 2. The number of anilines is 1. The van der Waals surface area contributed by atoms with Crippen LogP contribution in [0.2, 0.25) is 0 Å². The monoisotopic (exact) mass is 330 g/mol. The van der Waals surface area contributed by atoms with E-state index >= 15 is 0 Å². The lowest BCUT2D eigenvalue weighted by molar-refractivity contribution is -0.118. The van der Waals surface area contributed by atoms with Gasteiger partial charge in [0.25, 0.3) is 0 Å². The Morgan fingerprint density at radius 3 is 2.67 bits per heavy atom. The first-order valence-corrected chi connectivity index (χ1v) is 9.85. The van der Waals surface area contributed by atoms with Gasteiger partial charge in [-0.2, -0.15) is 5.10 Å². The third kappa shape index (κ3) is 3.51. The van der Waals surface area contributed by atoms with Crippen LogP contribution in [0.1, 0.15) is 63.8 Å². The summed E-state index contributed by atoms with van der Waals surface area (Å²) >= 11 is 0. The molecule has 1 N–H and O–H groups in total. The summed E-state index contributed by atoms with van der Waals surface area (Å²) in [4.78, 5) is 14.9. The summed E-state index contributed by atoms with van der Waals surface area (Å²) in [5.74, 6) is 2.73. The Morgan fingerprint density at radius 2 is 1.83 bits per heavy atom. The van der Waals surface area contributed by atoms with Gasteiger partial charge in [-0.3, -0.25) is 9.69 Å². The van der Waals surface area contributed by atoms with Crippen LogP contribution < -0.4 is 5.32 Å². The lowest BCUT2D eigenvalue weighted by atomic mass is 9.75. The Labute approximate surface area is 144 Å². The van der Waals surface area contributed by atoms with Crippen LogP contribution in [0.5, 0.6) is 0 Å². The Hall–Kier alpha value is -1.36. The van der Waals surface area contributed by atoms with Gasteiger partial charge < -0.3 is 5.32 Å². The van der Waals surface area contributed by atoms with Gasteiger partial charge in [-0.15, -0.1) is 0 Å². The molecule has 4 rings (SSSR count). The summed E-state index contributed by atoms with van der Waals surface area (Å²) in [6.45, 7) is 2.72. The topological polar surface area (TPSA) is 50.2 Å². The summed E-state index contributed by atoms with van der Waals surface area (Å²) in [6, 6.07) is 2.40. The second-order valence-corrected chi connectivity index (χ2v) is 7.98. The number of amides is 1. The van der Waals surface area contributed by atoms with E-state index in [0.717, 1.165) is 30.7 Å². The van der Waals surface area contributed by atoms with Gasteiger partial charge in [0.2, 0.25) is 5.91 Å². The third-order valence-electron chi connectivity index (χ3n) is 6.35. The summed E-state index contributed by atoms with van der Waals surface area (Å²) in [5.41, 5.74) is 0. The van der Waals surface area contributed by atoms with Gasteiger partial charge in [0.05, 0.1) is 18.8 Å². The van der Waals surface area contributed by atoms with Crippen LogP contribution in [0, 0.1) is 11.8 Å². The molecule has 0 bridgehead atoms. The van der Waals surface area contributed by atoms with Crippen molar-refractivity contribution in [3.63, 3.8) is 0 Å². The van der Waals surface area contributed by atoms with Crippen LogP contribution in [0.25, 0.3) is 0 Å². The number of carbonyl (C=O) groups excluding carboxylic acids is 1. The first-order chi connectivity index (χ1) is 11.8. The fourth-order valence-electron chi connectivity index (χ4n) is 5.06. The molecule has 0 spiro atoms. The van der Waals surface area contributed by atoms with E-state index in [1.54, 1.807) is 6.20 Å². The summed E-state index contributed by atoms with van der Waals surface area (Å²) in [6.07, 6.45) is 13.5. The second-order valence-electron chi connectivity index (χ2n) is 7.98. The number of hydrogen-bond donors (Lipinski definition) is 1. The SMILES string of the molecule is O=C(CN1CCC2CCCCC2C1)Nc1ccnn1C1CCCC1. The van der Waals surface area contributed by atoms with Crippen LogP contribution in [0.3, 0.4) is 0 Å². The maximum Gasteiger partial charge on any atom is 0.239 e. The molecule has 1 aromatic heterocycles. The first kappa shape index (κ1) is 16.1. The molecule has 5 nitrogen and oxygen atoms in total. The second kappa shape index (κ2) is 7.26. The number of nitrogens with zero attached hydrogens (tertiary/aromatic N) is 3. The van der Waals surface area contributed by atoms with Crippen LogP contribution in [-0.2, 0) is 4.79 Å². The molecule has 0 aromatic carbocycles. The van der Waals surface area contributed by atoms with Crippen molar-refractivity contribution in [3.8, 4) is 0 Å². The summed E-state index contributed by atoms with van der Waals surface area (Å²) < 4.78 is 2.03. The highest BCUT2D eigenvalue weighted by molar-refractivity contribution is 5.91. The maximum absolute atomic E-state index is 12.5. The Balaban J connectivity index is 1.31. The molecule has 3 aliphatic rings. The number of piperidine rings is 1. The molecule has 1 saturated heterocycles. The molecule has 132 valence electrons. The van der Waals surface area contributed by atoms with Gasteiger partial charge in [-0.1, -0.05) is 32.1 Å². The van der Waals surface area contributed by atoms with Crippen LogP contribution in [0.4, 0.5) is 5.82 Å². The van der Waals surface area contributed by atoms with E-state index in [-0.39, 0.29) is 5.91 Å². The van der Waals surface area contributed by atoms with Crippen molar-refractivity contribution < 1.29 is 4.79 Å². The highest BCUT2D eigenvalue weighted by Gasteiger charge is 2.31. The summed E-state index contributed by atoms with van der Waals surface area (Å²) in [7, 11) is 0. The normalized spacial score (nSPS) is 28.7. The average molecular weight is 330 g/mol. The molecule has 2 unspecified atom stereocenters. The van der Waals surface area contributed by atoms with Gasteiger partial charge in [0.1, 0.15) is 5.82 Å². The molecule has 2 heterocycles. The zero-order valence-electron chi connectivity index (χ0n) is 14.6. The zero-order chi connectivity index (χ0) is 16.4. The smallest absolute Gasteiger partial charge is 0.239 e. The molecule has 2 aliphatic carbocycles. The van der Waals surface area contributed by atoms with Crippen molar-refractivity contribution in [2.75, 3.05) is 25.0 Å². The molecule has 1 aromatic rings.